The Bertz CT molecular complexity index is 1210. The molecule has 1 fully saturated rings. The Morgan fingerprint density at radius 1 is 1.44 bits per heavy atom. The molecule has 1 unspecified atom stereocenters. The van der Waals surface area contributed by atoms with E-state index in [9.17, 15) is 19.5 Å². The van der Waals surface area contributed by atoms with Crippen LogP contribution in [-0.2, 0) is 25.8 Å². The number of nitrogens with zero attached hydrogens (tertiary/aromatic N) is 6. The van der Waals surface area contributed by atoms with Crippen molar-refractivity contribution >= 4 is 57.9 Å². The lowest BCUT2D eigenvalue weighted by atomic mass is 10.0. The average molecular weight is 506 g/mol. The van der Waals surface area contributed by atoms with E-state index in [4.69, 9.17) is 16.3 Å². The largest absolute Gasteiger partial charge is 0.543 e. The molecule has 5 N–H and O–H groups in total. The summed E-state index contributed by atoms with van der Waals surface area (Å²) in [4.78, 5) is 51.7. The fourth-order valence-corrected chi connectivity index (χ4v) is 5.17. The zero-order valence-electron chi connectivity index (χ0n) is 17.7. The first-order chi connectivity index (χ1) is 16.3. The summed E-state index contributed by atoms with van der Waals surface area (Å²) in [6, 6.07) is 0.660. The van der Waals surface area contributed by atoms with Crippen LogP contribution in [0, 0.1) is 0 Å². The number of thioether (sulfide) groups is 1. The summed E-state index contributed by atoms with van der Waals surface area (Å²) in [6.45, 7) is 1.98. The van der Waals surface area contributed by atoms with E-state index in [1.165, 1.54) is 18.0 Å². The molecule has 0 spiro atoms. The predicted octanol–water partition coefficient (Wildman–Crippen LogP) is -2.77. The van der Waals surface area contributed by atoms with Crippen molar-refractivity contribution in [1.29, 1.82) is 0 Å². The number of aromatic nitrogens is 4. The minimum absolute atomic E-state index is 0.0444. The van der Waals surface area contributed by atoms with E-state index < -0.39 is 29.2 Å². The number of hydrogen-bond acceptors (Lipinski definition) is 13. The molecule has 2 amide bonds. The first kappa shape index (κ1) is 23.4. The topological polar surface area (TPSA) is 206 Å². The Hall–Kier alpha value is -3.79. The summed E-state index contributed by atoms with van der Waals surface area (Å²) < 4.78 is 5.52. The smallest absolute Gasteiger partial charge is 0.389 e. The van der Waals surface area contributed by atoms with Gasteiger partial charge >= 0.3 is 5.95 Å². The van der Waals surface area contributed by atoms with Crippen molar-refractivity contribution in [2.24, 2.45) is 5.16 Å². The fourth-order valence-electron chi connectivity index (χ4n) is 3.40. The Morgan fingerprint density at radius 2 is 2.24 bits per heavy atom. The highest BCUT2D eigenvalue weighted by Gasteiger charge is 2.53. The predicted molar refractivity (Wildman–Crippen MR) is 118 cm³/mol. The Balaban J connectivity index is 1.54. The standard InChI is InChI=1S/C18H19N9O5S2/c1-2-32-24-9(12-23-18(20)34-25-12)13(28)22-10-14(29)27-11(16(30)31)8(7-33-15(10)27)6-26-5-3-4-21-17(26)19/h3-5,10,15,19H,2,6-7H2,1H3,(H4,20,22,23,25,28,30,31)/t10?,15-/m1/s1. The second-order valence-corrected chi connectivity index (χ2v) is 8.91. The van der Waals surface area contributed by atoms with Gasteiger partial charge < -0.3 is 25.8 Å². The Morgan fingerprint density at radius 3 is 2.88 bits per heavy atom. The third-order valence-electron chi connectivity index (χ3n) is 4.90. The van der Waals surface area contributed by atoms with Crippen LogP contribution in [0.15, 0.2) is 34.9 Å². The van der Waals surface area contributed by atoms with E-state index in [2.05, 4.69) is 24.8 Å². The van der Waals surface area contributed by atoms with Crippen LogP contribution < -0.4 is 26.5 Å². The molecule has 4 heterocycles. The molecule has 4 rings (SSSR count). The highest BCUT2D eigenvalue weighted by atomic mass is 32.2. The monoisotopic (exact) mass is 505 g/mol. The number of anilines is 2. The molecule has 2 aliphatic rings. The third kappa shape index (κ3) is 4.36. The number of amides is 2. The second-order valence-electron chi connectivity index (χ2n) is 7.02. The van der Waals surface area contributed by atoms with Crippen LogP contribution in [0.3, 0.4) is 0 Å². The van der Waals surface area contributed by atoms with Crippen molar-refractivity contribution in [3.63, 3.8) is 0 Å². The Labute approximate surface area is 200 Å². The van der Waals surface area contributed by atoms with Crippen LogP contribution in [0.4, 0.5) is 11.1 Å². The highest BCUT2D eigenvalue weighted by Crippen LogP contribution is 2.40. The number of β-lactam (4-membered cyclic amide) rings is 1. The highest BCUT2D eigenvalue weighted by molar-refractivity contribution is 8.00. The van der Waals surface area contributed by atoms with Crippen molar-refractivity contribution in [2.45, 2.75) is 24.9 Å². The maximum absolute atomic E-state index is 12.9. The average Bonchev–Trinajstić information content (AvgIpc) is 3.24. The molecule has 0 radical (unpaired) electrons. The van der Waals surface area contributed by atoms with E-state index in [0.29, 0.717) is 5.57 Å². The van der Waals surface area contributed by atoms with Gasteiger partial charge in [-0.25, -0.2) is 4.57 Å². The number of oxime groups is 1. The summed E-state index contributed by atoms with van der Waals surface area (Å²) in [7, 11) is 0. The molecule has 0 aliphatic carbocycles. The fraction of sp³-hybridized carbons (Fsp3) is 0.333. The number of carboxylic acid groups (broad SMARTS) is 1. The summed E-state index contributed by atoms with van der Waals surface area (Å²) in [5, 5.41) is 17.7. The number of nitrogen functional groups attached to an aromatic ring is 2. The summed E-state index contributed by atoms with van der Waals surface area (Å²) in [5.41, 5.74) is 11.4. The number of nitrogens with one attached hydrogen (secondary N) is 1. The van der Waals surface area contributed by atoms with Gasteiger partial charge in [0.05, 0.1) is 24.4 Å². The lowest BCUT2D eigenvalue weighted by Gasteiger charge is -2.50. The Kier molecular flexibility index (Phi) is 6.60. The molecular weight excluding hydrogens is 486 g/mol. The van der Waals surface area contributed by atoms with Crippen LogP contribution in [0.25, 0.3) is 0 Å². The van der Waals surface area contributed by atoms with Crippen LogP contribution >= 0.6 is 23.3 Å². The van der Waals surface area contributed by atoms with Crippen molar-refractivity contribution < 1.29 is 28.9 Å². The molecule has 34 heavy (non-hydrogen) atoms. The van der Waals surface area contributed by atoms with Gasteiger partial charge in [-0.2, -0.15) is 9.36 Å². The third-order valence-corrected chi connectivity index (χ3v) is 6.78. The normalized spacial score (nSPS) is 20.0. The number of hydrogen-bond donors (Lipinski definition) is 3. The number of carbonyl (C=O) groups is 3. The first-order valence-corrected chi connectivity index (χ1v) is 11.7. The number of fused-ring (bicyclic) bond motifs is 1. The number of aliphatic carboxylic acids is 1. The molecular formula is C18H19N9O5S2. The van der Waals surface area contributed by atoms with Crippen molar-refractivity contribution in [3.8, 4) is 0 Å². The molecule has 2 aliphatic heterocycles. The van der Waals surface area contributed by atoms with E-state index in [-0.39, 0.29) is 47.2 Å². The van der Waals surface area contributed by atoms with Crippen LogP contribution in [-0.4, -0.2) is 66.5 Å². The van der Waals surface area contributed by atoms with Gasteiger partial charge in [-0.15, -0.1) is 11.8 Å². The molecule has 14 nitrogen and oxygen atoms in total. The van der Waals surface area contributed by atoms with E-state index in [0.717, 1.165) is 16.4 Å². The quantitative estimate of drug-likeness (QED) is 0.145. The van der Waals surface area contributed by atoms with Gasteiger partial charge in [0.25, 0.3) is 11.8 Å². The SMILES string of the molecule is CCON=C(C(=O)NC1C(=O)N2C(C(=O)[O-])=C(C[n+]3cccnc3N)CS[C@H]12)c1nsc(N)n1. The van der Waals surface area contributed by atoms with Gasteiger partial charge in [0.1, 0.15) is 24.2 Å². The molecule has 178 valence electrons. The van der Waals surface area contributed by atoms with Gasteiger partial charge in [-0.3, -0.25) is 20.2 Å². The lowest BCUT2D eigenvalue weighted by molar-refractivity contribution is -0.677. The van der Waals surface area contributed by atoms with Gasteiger partial charge in [0.2, 0.25) is 11.5 Å². The number of carboxylic acids is 1. The molecule has 0 bridgehead atoms. The van der Waals surface area contributed by atoms with Gasteiger partial charge in [-0.1, -0.05) is 10.1 Å². The molecule has 0 saturated carbocycles. The molecule has 2 aromatic rings. The zero-order chi connectivity index (χ0) is 24.4. The van der Waals surface area contributed by atoms with Gasteiger partial charge in [0.15, 0.2) is 5.13 Å². The zero-order valence-corrected chi connectivity index (χ0v) is 19.3. The lowest BCUT2D eigenvalue weighted by Crippen LogP contribution is -2.71. The maximum atomic E-state index is 12.9. The molecule has 0 aromatic carbocycles. The maximum Gasteiger partial charge on any atom is 0.389 e. The number of carbonyl (C=O) groups excluding carboxylic acids is 3. The first-order valence-electron chi connectivity index (χ1n) is 9.90. The summed E-state index contributed by atoms with van der Waals surface area (Å²) in [5.74, 6) is -2.44. The molecule has 2 atom stereocenters. The number of rotatable bonds is 8. The van der Waals surface area contributed by atoms with Gasteiger partial charge in [0, 0.05) is 23.4 Å². The van der Waals surface area contributed by atoms with E-state index in [1.807, 2.05) is 0 Å². The van der Waals surface area contributed by atoms with Crippen LogP contribution in [0.1, 0.15) is 12.7 Å². The minimum atomic E-state index is -1.50. The minimum Gasteiger partial charge on any atom is -0.543 e. The molecule has 16 heteroatoms. The molecule has 1 saturated heterocycles. The van der Waals surface area contributed by atoms with E-state index in [1.54, 1.807) is 23.8 Å². The van der Waals surface area contributed by atoms with Crippen LogP contribution in [0.5, 0.6) is 0 Å². The van der Waals surface area contributed by atoms with Crippen molar-refractivity contribution in [2.75, 3.05) is 23.8 Å². The van der Waals surface area contributed by atoms with Crippen molar-refractivity contribution in [1.82, 2.24) is 24.6 Å². The van der Waals surface area contributed by atoms with Crippen molar-refractivity contribution in [3.05, 3.63) is 35.6 Å². The molecule has 2 aromatic heterocycles. The summed E-state index contributed by atoms with van der Waals surface area (Å²) >= 11 is 2.17. The summed E-state index contributed by atoms with van der Waals surface area (Å²) in [6.07, 6.45) is 3.16. The van der Waals surface area contributed by atoms with E-state index >= 15 is 0 Å². The number of nitrogens with two attached hydrogens (primary N) is 2. The van der Waals surface area contributed by atoms with Crippen LogP contribution in [0.2, 0.25) is 0 Å². The second kappa shape index (κ2) is 9.60. The van der Waals surface area contributed by atoms with Gasteiger partial charge in [-0.05, 0) is 12.5 Å².